The SMILES string of the molecule is CC(C)c1cc(-c2n[nH]c(C(=O)NCCN3CCCCC3)n2)c(O)cc1O. The average molecular weight is 373 g/mol. The molecule has 1 amide bonds. The van der Waals surface area contributed by atoms with E-state index < -0.39 is 0 Å². The van der Waals surface area contributed by atoms with Crippen molar-refractivity contribution in [1.82, 2.24) is 25.4 Å². The molecule has 27 heavy (non-hydrogen) atoms. The maximum atomic E-state index is 12.3. The molecule has 4 N–H and O–H groups in total. The quantitative estimate of drug-likeness (QED) is 0.617. The Hall–Kier alpha value is -2.61. The lowest BCUT2D eigenvalue weighted by atomic mass is 9.98. The maximum Gasteiger partial charge on any atom is 0.288 e. The Bertz CT molecular complexity index is 797. The molecule has 2 aromatic rings. The van der Waals surface area contributed by atoms with E-state index in [1.165, 1.54) is 25.3 Å². The Morgan fingerprint density at radius 3 is 2.67 bits per heavy atom. The van der Waals surface area contributed by atoms with Crippen LogP contribution in [-0.2, 0) is 0 Å². The third-order valence-corrected chi connectivity index (χ3v) is 4.87. The van der Waals surface area contributed by atoms with Gasteiger partial charge in [0.05, 0.1) is 5.56 Å². The lowest BCUT2D eigenvalue weighted by molar-refractivity contribution is 0.0936. The van der Waals surface area contributed by atoms with Gasteiger partial charge in [0.2, 0.25) is 5.82 Å². The van der Waals surface area contributed by atoms with Gasteiger partial charge in [-0.1, -0.05) is 20.3 Å². The van der Waals surface area contributed by atoms with E-state index in [9.17, 15) is 15.0 Å². The van der Waals surface area contributed by atoms with Crippen LogP contribution >= 0.6 is 0 Å². The van der Waals surface area contributed by atoms with Gasteiger partial charge in [0.1, 0.15) is 11.5 Å². The van der Waals surface area contributed by atoms with Crippen LogP contribution in [0.4, 0.5) is 0 Å². The summed E-state index contributed by atoms with van der Waals surface area (Å²) in [4.78, 5) is 18.8. The van der Waals surface area contributed by atoms with Gasteiger partial charge < -0.3 is 20.4 Å². The molecule has 8 heteroatoms. The fraction of sp³-hybridized carbons (Fsp3) is 0.526. The molecule has 1 aromatic heterocycles. The van der Waals surface area contributed by atoms with Crippen molar-refractivity contribution in [3.63, 3.8) is 0 Å². The number of phenolic OH excluding ortho intramolecular Hbond substituents is 2. The van der Waals surface area contributed by atoms with Crippen LogP contribution in [0.3, 0.4) is 0 Å². The number of aromatic amines is 1. The van der Waals surface area contributed by atoms with Gasteiger partial charge in [-0.05, 0) is 43.5 Å². The molecule has 0 saturated carbocycles. The molecule has 0 aliphatic carbocycles. The summed E-state index contributed by atoms with van der Waals surface area (Å²) in [5, 5.41) is 29.6. The molecular formula is C19H27N5O3. The Morgan fingerprint density at radius 1 is 1.22 bits per heavy atom. The van der Waals surface area contributed by atoms with Crippen molar-refractivity contribution in [2.45, 2.75) is 39.0 Å². The number of aromatic nitrogens is 3. The number of likely N-dealkylation sites (tertiary alicyclic amines) is 1. The number of carbonyl (C=O) groups excluding carboxylic acids is 1. The molecule has 8 nitrogen and oxygen atoms in total. The zero-order valence-corrected chi connectivity index (χ0v) is 15.8. The zero-order chi connectivity index (χ0) is 19.4. The van der Waals surface area contributed by atoms with Crippen LogP contribution in [0.1, 0.15) is 55.2 Å². The molecule has 0 atom stereocenters. The number of hydrogen-bond acceptors (Lipinski definition) is 6. The first-order valence-electron chi connectivity index (χ1n) is 9.45. The Labute approximate surface area is 158 Å². The number of carbonyl (C=O) groups is 1. The van der Waals surface area contributed by atoms with Crippen LogP contribution in [-0.4, -0.2) is 62.4 Å². The highest BCUT2D eigenvalue weighted by Crippen LogP contribution is 2.36. The van der Waals surface area contributed by atoms with Gasteiger partial charge in [-0.25, -0.2) is 4.98 Å². The van der Waals surface area contributed by atoms with Crippen molar-refractivity contribution >= 4 is 5.91 Å². The molecule has 1 fully saturated rings. The van der Waals surface area contributed by atoms with Crippen LogP contribution < -0.4 is 5.32 Å². The summed E-state index contributed by atoms with van der Waals surface area (Å²) in [6, 6.07) is 2.93. The molecule has 1 aliphatic rings. The van der Waals surface area contributed by atoms with Crippen molar-refractivity contribution in [2.75, 3.05) is 26.2 Å². The summed E-state index contributed by atoms with van der Waals surface area (Å²) < 4.78 is 0. The smallest absolute Gasteiger partial charge is 0.288 e. The van der Waals surface area contributed by atoms with E-state index in [0.717, 1.165) is 19.6 Å². The first-order valence-corrected chi connectivity index (χ1v) is 9.45. The Balaban J connectivity index is 1.65. The van der Waals surface area contributed by atoms with Gasteiger partial charge in [0.15, 0.2) is 5.82 Å². The zero-order valence-electron chi connectivity index (χ0n) is 15.8. The summed E-state index contributed by atoms with van der Waals surface area (Å²) in [6.45, 7) is 7.42. The first-order chi connectivity index (χ1) is 13.0. The van der Waals surface area contributed by atoms with Gasteiger partial charge in [-0.3, -0.25) is 9.89 Å². The van der Waals surface area contributed by atoms with Crippen molar-refractivity contribution < 1.29 is 15.0 Å². The standard InChI is InChI=1S/C19H27N5O3/c1-12(2)13-10-14(16(26)11-15(13)25)17-21-18(23-22-17)19(27)20-6-9-24-7-4-3-5-8-24/h10-12,25-26H,3-9H2,1-2H3,(H,20,27)(H,21,22,23). The van der Waals surface area contributed by atoms with E-state index in [1.807, 2.05) is 13.8 Å². The largest absolute Gasteiger partial charge is 0.508 e. The predicted molar refractivity (Wildman–Crippen MR) is 102 cm³/mol. The second-order valence-electron chi connectivity index (χ2n) is 7.25. The van der Waals surface area contributed by atoms with Crippen molar-refractivity contribution in [3.8, 4) is 22.9 Å². The molecular weight excluding hydrogens is 346 g/mol. The topological polar surface area (TPSA) is 114 Å². The molecule has 1 saturated heterocycles. The monoisotopic (exact) mass is 373 g/mol. The van der Waals surface area contributed by atoms with Gasteiger partial charge in [-0.2, -0.15) is 5.10 Å². The number of rotatable bonds is 6. The van der Waals surface area contributed by atoms with E-state index >= 15 is 0 Å². The van der Waals surface area contributed by atoms with E-state index in [-0.39, 0.29) is 35.0 Å². The van der Waals surface area contributed by atoms with E-state index in [2.05, 4.69) is 25.4 Å². The van der Waals surface area contributed by atoms with Crippen molar-refractivity contribution in [3.05, 3.63) is 23.5 Å². The summed E-state index contributed by atoms with van der Waals surface area (Å²) >= 11 is 0. The van der Waals surface area contributed by atoms with Crippen molar-refractivity contribution in [2.24, 2.45) is 0 Å². The molecule has 2 heterocycles. The fourth-order valence-corrected chi connectivity index (χ4v) is 3.31. The number of nitrogens with one attached hydrogen (secondary N) is 2. The highest BCUT2D eigenvalue weighted by atomic mass is 16.3. The molecule has 0 unspecified atom stereocenters. The summed E-state index contributed by atoms with van der Waals surface area (Å²) in [6.07, 6.45) is 3.72. The second-order valence-corrected chi connectivity index (χ2v) is 7.25. The second kappa shape index (κ2) is 8.39. The molecule has 0 spiro atoms. The number of piperidine rings is 1. The Kier molecular flexibility index (Phi) is 5.95. The highest BCUT2D eigenvalue weighted by Gasteiger charge is 2.18. The Morgan fingerprint density at radius 2 is 1.96 bits per heavy atom. The molecule has 1 aliphatic heterocycles. The van der Waals surface area contributed by atoms with Crippen LogP contribution in [0.5, 0.6) is 11.5 Å². The summed E-state index contributed by atoms with van der Waals surface area (Å²) in [5.41, 5.74) is 1.06. The normalized spacial score (nSPS) is 15.2. The molecule has 1 aromatic carbocycles. The molecule has 146 valence electrons. The van der Waals surface area contributed by atoms with Crippen LogP contribution in [0, 0.1) is 0 Å². The maximum absolute atomic E-state index is 12.3. The first kappa shape index (κ1) is 19.2. The van der Waals surface area contributed by atoms with Gasteiger partial charge in [0.25, 0.3) is 5.91 Å². The number of H-pyrrole nitrogens is 1. The van der Waals surface area contributed by atoms with Gasteiger partial charge in [0, 0.05) is 19.2 Å². The fourth-order valence-electron chi connectivity index (χ4n) is 3.31. The number of amides is 1. The number of aromatic hydroxyl groups is 2. The van der Waals surface area contributed by atoms with Gasteiger partial charge in [-0.15, -0.1) is 0 Å². The minimum Gasteiger partial charge on any atom is -0.508 e. The van der Waals surface area contributed by atoms with Crippen LogP contribution in [0.15, 0.2) is 12.1 Å². The number of benzene rings is 1. The minimum atomic E-state index is -0.326. The van der Waals surface area contributed by atoms with Crippen LogP contribution in [0.25, 0.3) is 11.4 Å². The minimum absolute atomic E-state index is 0.0254. The molecule has 3 rings (SSSR count). The van der Waals surface area contributed by atoms with Crippen molar-refractivity contribution in [1.29, 1.82) is 0 Å². The number of phenols is 2. The number of hydrogen-bond donors (Lipinski definition) is 4. The van der Waals surface area contributed by atoms with E-state index in [1.54, 1.807) is 6.07 Å². The average Bonchev–Trinajstić information content (AvgIpc) is 3.12. The number of nitrogens with zero attached hydrogens (tertiary/aromatic N) is 3. The summed E-state index contributed by atoms with van der Waals surface area (Å²) in [5.74, 6) is -0.0443. The molecule has 0 bridgehead atoms. The van der Waals surface area contributed by atoms with Crippen LogP contribution in [0.2, 0.25) is 0 Å². The van der Waals surface area contributed by atoms with E-state index in [0.29, 0.717) is 17.7 Å². The third kappa shape index (κ3) is 4.57. The summed E-state index contributed by atoms with van der Waals surface area (Å²) in [7, 11) is 0. The highest BCUT2D eigenvalue weighted by molar-refractivity contribution is 5.90. The third-order valence-electron chi connectivity index (χ3n) is 4.87. The van der Waals surface area contributed by atoms with E-state index in [4.69, 9.17) is 0 Å². The lowest BCUT2D eigenvalue weighted by Crippen LogP contribution is -2.37. The predicted octanol–water partition coefficient (Wildman–Crippen LogP) is 2.22. The lowest BCUT2D eigenvalue weighted by Gasteiger charge is -2.26. The molecule has 0 radical (unpaired) electrons. The van der Waals surface area contributed by atoms with Gasteiger partial charge >= 0.3 is 0 Å².